The number of halogens is 6. The molecule has 0 aliphatic rings. The average Bonchev–Trinajstić information content (AvgIpc) is 2.26. The van der Waals surface area contributed by atoms with Gasteiger partial charge in [-0.3, -0.25) is 0 Å². The Labute approximate surface area is 129 Å². The first-order chi connectivity index (χ1) is 9.84. The number of anilines is 1. The third-order valence-electron chi connectivity index (χ3n) is 3.01. The fourth-order valence-corrected chi connectivity index (χ4v) is 3.34. The highest BCUT2D eigenvalue weighted by Gasteiger charge is 2.57. The van der Waals surface area contributed by atoms with Crippen LogP contribution in [-0.2, 0) is 0 Å². The highest BCUT2D eigenvalue weighted by molar-refractivity contribution is 8.00. The van der Waals surface area contributed by atoms with Crippen molar-refractivity contribution in [1.82, 2.24) is 0 Å². The van der Waals surface area contributed by atoms with Crippen molar-refractivity contribution < 1.29 is 26.3 Å². The highest BCUT2D eigenvalue weighted by Crippen LogP contribution is 2.47. The predicted molar refractivity (Wildman–Crippen MR) is 76.8 cm³/mol. The molecule has 22 heavy (non-hydrogen) atoms. The fraction of sp³-hybridized carbons (Fsp3) is 0.571. The van der Waals surface area contributed by atoms with Gasteiger partial charge in [0.05, 0.1) is 0 Å². The van der Waals surface area contributed by atoms with Crippen molar-refractivity contribution in [3.8, 4) is 0 Å². The van der Waals surface area contributed by atoms with Gasteiger partial charge in [-0.1, -0.05) is 26.0 Å². The summed E-state index contributed by atoms with van der Waals surface area (Å²) in [6.07, 6.45) is -10.8. The second-order valence-electron chi connectivity index (χ2n) is 5.23. The number of nitrogen functional groups attached to an aromatic ring is 1. The van der Waals surface area contributed by atoms with E-state index in [1.165, 1.54) is 11.8 Å². The fourth-order valence-electron chi connectivity index (χ4n) is 2.17. The predicted octanol–water partition coefficient (Wildman–Crippen LogP) is 5.68. The summed E-state index contributed by atoms with van der Waals surface area (Å²) in [5.41, 5.74) is 5.35. The Kier molecular flexibility index (Phi) is 5.70. The van der Waals surface area contributed by atoms with E-state index in [-0.39, 0.29) is 21.8 Å². The third kappa shape index (κ3) is 4.72. The maximum atomic E-state index is 12.8. The van der Waals surface area contributed by atoms with Crippen molar-refractivity contribution in [1.29, 1.82) is 0 Å². The SMILES string of the molecule is CC(C)SC(C)c1cc(C(C(F)(F)F)C(F)(F)F)ccc1N. The molecule has 0 aromatic heterocycles. The maximum Gasteiger partial charge on any atom is 0.404 e. The molecule has 1 aromatic rings. The van der Waals surface area contributed by atoms with E-state index in [2.05, 4.69) is 0 Å². The number of alkyl halides is 6. The van der Waals surface area contributed by atoms with Gasteiger partial charge in [-0.2, -0.15) is 38.1 Å². The van der Waals surface area contributed by atoms with Gasteiger partial charge in [0.15, 0.2) is 5.92 Å². The Morgan fingerprint density at radius 1 is 0.955 bits per heavy atom. The molecule has 0 fully saturated rings. The summed E-state index contributed by atoms with van der Waals surface area (Å²) in [5.74, 6) is -3.50. The van der Waals surface area contributed by atoms with Gasteiger partial charge in [-0.05, 0) is 29.4 Å². The van der Waals surface area contributed by atoms with Crippen LogP contribution in [0.1, 0.15) is 43.1 Å². The summed E-state index contributed by atoms with van der Waals surface area (Å²) in [7, 11) is 0. The van der Waals surface area contributed by atoms with Crippen molar-refractivity contribution >= 4 is 17.4 Å². The first kappa shape index (κ1) is 19.0. The Hall–Kier alpha value is -1.05. The van der Waals surface area contributed by atoms with Gasteiger partial charge in [0.1, 0.15) is 0 Å². The number of rotatable bonds is 4. The van der Waals surface area contributed by atoms with Gasteiger partial charge in [-0.25, -0.2) is 0 Å². The molecular formula is C14H17F6NS. The summed E-state index contributed by atoms with van der Waals surface area (Å²) in [4.78, 5) is 0. The molecule has 0 heterocycles. The van der Waals surface area contributed by atoms with E-state index in [4.69, 9.17) is 5.73 Å². The van der Waals surface area contributed by atoms with Gasteiger partial charge in [-0.15, -0.1) is 0 Å². The summed E-state index contributed by atoms with van der Waals surface area (Å²) < 4.78 is 76.7. The smallest absolute Gasteiger partial charge is 0.398 e. The molecule has 0 amide bonds. The van der Waals surface area contributed by atoms with Gasteiger partial charge in [0, 0.05) is 10.9 Å². The van der Waals surface area contributed by atoms with E-state index in [9.17, 15) is 26.3 Å². The highest BCUT2D eigenvalue weighted by atomic mass is 32.2. The first-order valence-corrected chi connectivity index (χ1v) is 7.46. The molecule has 0 bridgehead atoms. The molecule has 126 valence electrons. The zero-order chi connectivity index (χ0) is 17.3. The zero-order valence-corrected chi connectivity index (χ0v) is 13.0. The molecule has 0 saturated carbocycles. The van der Waals surface area contributed by atoms with Crippen molar-refractivity contribution in [2.75, 3.05) is 5.73 Å². The standard InChI is InChI=1S/C14H17F6NS/c1-7(2)22-8(3)10-6-9(4-5-11(10)21)12(13(15,16)17)14(18,19)20/h4-8,12H,21H2,1-3H3. The van der Waals surface area contributed by atoms with Crippen LogP contribution in [0.4, 0.5) is 32.0 Å². The Balaban J connectivity index is 3.31. The summed E-state index contributed by atoms with van der Waals surface area (Å²) in [6, 6.07) is 2.81. The molecule has 8 heteroatoms. The van der Waals surface area contributed by atoms with Crippen LogP contribution in [-0.4, -0.2) is 17.6 Å². The third-order valence-corrected chi connectivity index (χ3v) is 4.22. The van der Waals surface area contributed by atoms with Gasteiger partial charge < -0.3 is 5.73 Å². The van der Waals surface area contributed by atoms with Crippen LogP contribution in [0.5, 0.6) is 0 Å². The lowest BCUT2D eigenvalue weighted by Crippen LogP contribution is -2.34. The first-order valence-electron chi connectivity index (χ1n) is 6.52. The van der Waals surface area contributed by atoms with Crippen LogP contribution in [0.25, 0.3) is 0 Å². The van der Waals surface area contributed by atoms with Crippen molar-refractivity contribution in [2.45, 2.75) is 49.5 Å². The van der Waals surface area contributed by atoms with Crippen LogP contribution in [0.3, 0.4) is 0 Å². The average molecular weight is 345 g/mol. The molecule has 0 spiro atoms. The van der Waals surface area contributed by atoms with Crippen LogP contribution >= 0.6 is 11.8 Å². The number of hydrogen-bond acceptors (Lipinski definition) is 2. The molecule has 1 nitrogen and oxygen atoms in total. The van der Waals surface area contributed by atoms with Crippen molar-refractivity contribution in [3.05, 3.63) is 29.3 Å². The van der Waals surface area contributed by atoms with E-state index >= 15 is 0 Å². The molecule has 1 unspecified atom stereocenters. The minimum atomic E-state index is -5.40. The van der Waals surface area contributed by atoms with Crippen molar-refractivity contribution in [2.24, 2.45) is 0 Å². The van der Waals surface area contributed by atoms with E-state index in [1.807, 2.05) is 13.8 Å². The second-order valence-corrected chi connectivity index (χ2v) is 7.15. The van der Waals surface area contributed by atoms with E-state index in [1.54, 1.807) is 6.92 Å². The quantitative estimate of drug-likeness (QED) is 0.561. The maximum absolute atomic E-state index is 12.8. The lowest BCUT2D eigenvalue weighted by atomic mass is 9.94. The molecule has 1 rings (SSSR count). The van der Waals surface area contributed by atoms with E-state index in [0.717, 1.165) is 18.2 Å². The number of thioether (sulfide) groups is 1. The van der Waals surface area contributed by atoms with Crippen LogP contribution in [0, 0.1) is 0 Å². The van der Waals surface area contributed by atoms with Crippen LogP contribution < -0.4 is 5.73 Å². The second kappa shape index (κ2) is 6.60. The molecule has 0 aliphatic heterocycles. The Morgan fingerprint density at radius 3 is 1.86 bits per heavy atom. The summed E-state index contributed by atoms with van der Waals surface area (Å²) in [5, 5.41) is -0.138. The largest absolute Gasteiger partial charge is 0.404 e. The normalized spacial score (nSPS) is 14.7. The minimum absolute atomic E-state index is 0.166. The molecule has 1 aromatic carbocycles. The van der Waals surface area contributed by atoms with Gasteiger partial charge in [0.2, 0.25) is 0 Å². The number of benzene rings is 1. The Morgan fingerprint density at radius 2 is 1.45 bits per heavy atom. The van der Waals surface area contributed by atoms with Gasteiger partial charge >= 0.3 is 12.4 Å². The topological polar surface area (TPSA) is 26.0 Å². The molecular weight excluding hydrogens is 328 g/mol. The molecule has 0 saturated heterocycles. The van der Waals surface area contributed by atoms with Crippen LogP contribution in [0.15, 0.2) is 18.2 Å². The van der Waals surface area contributed by atoms with Crippen molar-refractivity contribution in [3.63, 3.8) is 0 Å². The number of nitrogens with two attached hydrogens (primary N) is 1. The van der Waals surface area contributed by atoms with Gasteiger partial charge in [0.25, 0.3) is 0 Å². The Bertz CT molecular complexity index is 495. The minimum Gasteiger partial charge on any atom is -0.398 e. The molecule has 0 radical (unpaired) electrons. The van der Waals surface area contributed by atoms with Crippen LogP contribution in [0.2, 0.25) is 0 Å². The molecule has 2 N–H and O–H groups in total. The summed E-state index contributed by atoms with van der Waals surface area (Å²) in [6.45, 7) is 5.47. The van der Waals surface area contributed by atoms with E-state index in [0.29, 0.717) is 0 Å². The molecule has 1 atom stereocenters. The number of hydrogen-bond donors (Lipinski definition) is 1. The molecule has 0 aliphatic carbocycles. The monoisotopic (exact) mass is 345 g/mol. The van der Waals surface area contributed by atoms with E-state index < -0.39 is 23.8 Å². The summed E-state index contributed by atoms with van der Waals surface area (Å²) >= 11 is 1.41. The lowest BCUT2D eigenvalue weighted by molar-refractivity contribution is -0.253. The zero-order valence-electron chi connectivity index (χ0n) is 12.2. The lowest BCUT2D eigenvalue weighted by Gasteiger charge is -2.25.